The highest BCUT2D eigenvalue weighted by atomic mass is 16.7. The zero-order valence-electron chi connectivity index (χ0n) is 10.6. The second kappa shape index (κ2) is 4.58. The molecule has 5 heteroatoms. The van der Waals surface area contributed by atoms with Crippen molar-refractivity contribution in [1.29, 1.82) is 0 Å². The molecule has 0 saturated carbocycles. The van der Waals surface area contributed by atoms with Crippen molar-refractivity contribution in [3.8, 4) is 0 Å². The summed E-state index contributed by atoms with van der Waals surface area (Å²) < 4.78 is 12.9. The van der Waals surface area contributed by atoms with Gasteiger partial charge in [-0.3, -0.25) is 4.79 Å². The van der Waals surface area contributed by atoms with Gasteiger partial charge in [0.25, 0.3) is 0 Å². The molecule has 0 aromatic carbocycles. The maximum atomic E-state index is 11.4. The van der Waals surface area contributed by atoms with E-state index < -0.39 is 0 Å². The van der Waals surface area contributed by atoms with Gasteiger partial charge in [-0.2, -0.15) is 0 Å². The number of methoxy groups -OCH3 is 1. The van der Waals surface area contributed by atoms with Gasteiger partial charge in [0.05, 0.1) is 6.33 Å². The summed E-state index contributed by atoms with van der Waals surface area (Å²) in [5, 5.41) is 0. The molecule has 0 spiro atoms. The predicted octanol–water partition coefficient (Wildman–Crippen LogP) is 1.92. The number of Topliss-reactive ketones (excluding diaryl/α,β-unsaturated/α-hetero) is 1. The zero-order valence-corrected chi connectivity index (χ0v) is 10.6. The second-order valence-electron chi connectivity index (χ2n) is 4.55. The number of nitrogens with zero attached hydrogens (tertiary/aromatic N) is 2. The van der Waals surface area contributed by atoms with Gasteiger partial charge in [0.2, 0.25) is 0 Å². The third kappa shape index (κ3) is 2.12. The smallest absolute Gasteiger partial charge is 0.179 e. The van der Waals surface area contributed by atoms with Crippen molar-refractivity contribution < 1.29 is 14.3 Å². The van der Waals surface area contributed by atoms with Crippen molar-refractivity contribution >= 4 is 5.78 Å². The fraction of sp³-hybridized carbons (Fsp3) is 0.667. The highest BCUT2D eigenvalue weighted by molar-refractivity contribution is 5.93. The van der Waals surface area contributed by atoms with Gasteiger partial charge in [-0.15, -0.1) is 0 Å². The molecule has 0 bridgehead atoms. The lowest BCUT2D eigenvalue weighted by atomic mass is 10.1. The topological polar surface area (TPSA) is 53.4 Å². The fourth-order valence-corrected chi connectivity index (χ4v) is 2.28. The van der Waals surface area contributed by atoms with Crippen LogP contribution in [-0.4, -0.2) is 28.7 Å². The van der Waals surface area contributed by atoms with Crippen molar-refractivity contribution in [2.24, 2.45) is 5.92 Å². The van der Waals surface area contributed by atoms with Crippen LogP contribution in [0.15, 0.2) is 6.33 Å². The van der Waals surface area contributed by atoms with Gasteiger partial charge < -0.3 is 14.0 Å². The van der Waals surface area contributed by atoms with E-state index in [0.29, 0.717) is 11.6 Å². The average Bonchev–Trinajstić information content (AvgIpc) is 2.81. The largest absolute Gasteiger partial charge is 0.356 e. The summed E-state index contributed by atoms with van der Waals surface area (Å²) in [7, 11) is 1.64. The zero-order chi connectivity index (χ0) is 12.6. The van der Waals surface area contributed by atoms with Gasteiger partial charge in [-0.1, -0.05) is 6.92 Å². The first kappa shape index (κ1) is 12.3. The van der Waals surface area contributed by atoms with E-state index in [1.807, 2.05) is 11.5 Å². The van der Waals surface area contributed by atoms with Gasteiger partial charge in [0.15, 0.2) is 12.1 Å². The lowest BCUT2D eigenvalue weighted by molar-refractivity contribution is -0.136. The molecule has 17 heavy (non-hydrogen) atoms. The maximum Gasteiger partial charge on any atom is 0.179 e. The van der Waals surface area contributed by atoms with Crippen LogP contribution in [0.5, 0.6) is 0 Å². The second-order valence-corrected chi connectivity index (χ2v) is 4.55. The number of imidazole rings is 1. The first-order chi connectivity index (χ1) is 8.04. The summed E-state index contributed by atoms with van der Waals surface area (Å²) in [6.45, 7) is 5.52. The molecule has 1 aliphatic rings. The summed E-state index contributed by atoms with van der Waals surface area (Å²) in [6.07, 6.45) is 2.26. The molecule has 2 heterocycles. The van der Waals surface area contributed by atoms with Crippen molar-refractivity contribution in [2.75, 3.05) is 7.11 Å². The summed E-state index contributed by atoms with van der Waals surface area (Å²) in [4.78, 5) is 15.5. The van der Waals surface area contributed by atoms with Crippen LogP contribution in [0.2, 0.25) is 0 Å². The first-order valence-corrected chi connectivity index (χ1v) is 5.77. The molecule has 0 unspecified atom stereocenters. The Morgan fingerprint density at radius 3 is 2.82 bits per heavy atom. The lowest BCUT2D eigenvalue weighted by Gasteiger charge is -2.18. The minimum absolute atomic E-state index is 0.0183. The van der Waals surface area contributed by atoms with E-state index in [2.05, 4.69) is 11.9 Å². The van der Waals surface area contributed by atoms with E-state index in [4.69, 9.17) is 9.47 Å². The van der Waals surface area contributed by atoms with Gasteiger partial charge in [-0.05, 0) is 6.92 Å². The van der Waals surface area contributed by atoms with Gasteiger partial charge in [0.1, 0.15) is 11.9 Å². The maximum absolute atomic E-state index is 11.4. The molecule has 0 amide bonds. The number of carbonyl (C=O) groups is 1. The van der Waals surface area contributed by atoms with Crippen molar-refractivity contribution in [1.82, 2.24) is 9.55 Å². The Kier molecular flexibility index (Phi) is 3.31. The summed E-state index contributed by atoms with van der Waals surface area (Å²) in [6, 6.07) is 0. The molecule has 2 rings (SSSR count). The molecular formula is C12H18N2O3. The van der Waals surface area contributed by atoms with Crippen LogP contribution in [0.4, 0.5) is 0 Å². The van der Waals surface area contributed by atoms with Crippen molar-refractivity contribution in [2.45, 2.75) is 39.7 Å². The normalized spacial score (nSPS) is 28.6. The van der Waals surface area contributed by atoms with Gasteiger partial charge in [-0.25, -0.2) is 4.98 Å². The molecule has 0 radical (unpaired) electrons. The van der Waals surface area contributed by atoms with Crippen LogP contribution in [0.1, 0.15) is 42.7 Å². The monoisotopic (exact) mass is 238 g/mol. The van der Waals surface area contributed by atoms with E-state index in [9.17, 15) is 4.79 Å². The molecular weight excluding hydrogens is 220 g/mol. The average molecular weight is 238 g/mol. The Hall–Kier alpha value is -1.20. The molecule has 1 saturated heterocycles. The Bertz CT molecular complexity index is 427. The number of hydrogen-bond acceptors (Lipinski definition) is 4. The molecule has 1 aromatic rings. The molecule has 3 atom stereocenters. The Labute approximate surface area is 101 Å². The van der Waals surface area contributed by atoms with Crippen molar-refractivity contribution in [3.05, 3.63) is 17.7 Å². The summed E-state index contributed by atoms with van der Waals surface area (Å²) in [5.41, 5.74) is 1.37. The van der Waals surface area contributed by atoms with Gasteiger partial charge >= 0.3 is 0 Å². The Morgan fingerprint density at radius 2 is 2.35 bits per heavy atom. The van der Waals surface area contributed by atoms with Crippen LogP contribution >= 0.6 is 0 Å². The first-order valence-electron chi connectivity index (χ1n) is 5.77. The number of ether oxygens (including phenoxy) is 2. The molecule has 0 N–H and O–H groups in total. The molecule has 0 aliphatic carbocycles. The Balaban J connectivity index is 2.26. The number of rotatable bonds is 3. The number of hydrogen-bond donors (Lipinski definition) is 0. The highest BCUT2D eigenvalue weighted by Crippen LogP contribution is 2.35. The number of carbonyl (C=O) groups excluding carboxylic acids is 1. The van der Waals surface area contributed by atoms with Crippen LogP contribution < -0.4 is 0 Å². The minimum Gasteiger partial charge on any atom is -0.356 e. The lowest BCUT2D eigenvalue weighted by Crippen LogP contribution is -2.15. The summed E-state index contributed by atoms with van der Waals surface area (Å²) in [5.74, 6) is 0.322. The van der Waals surface area contributed by atoms with Gasteiger partial charge in [0, 0.05) is 32.1 Å². The summed E-state index contributed by atoms with van der Waals surface area (Å²) >= 11 is 0. The van der Waals surface area contributed by atoms with E-state index in [1.165, 1.54) is 6.92 Å². The third-order valence-corrected chi connectivity index (χ3v) is 3.25. The van der Waals surface area contributed by atoms with E-state index in [-0.39, 0.29) is 18.3 Å². The van der Waals surface area contributed by atoms with E-state index in [0.717, 1.165) is 12.1 Å². The van der Waals surface area contributed by atoms with Crippen LogP contribution in [0.3, 0.4) is 0 Å². The molecule has 5 nitrogen and oxygen atoms in total. The quantitative estimate of drug-likeness (QED) is 0.755. The standard InChI is InChI=1S/C12H18N2O3/c1-7-5-10(16-4)17-12(7)14-6-13-11(8(14)2)9(3)15/h6-7,10,12H,5H2,1-4H3/t7-,10+,12-/m1/s1. The third-order valence-electron chi connectivity index (χ3n) is 3.25. The van der Waals surface area contributed by atoms with Crippen LogP contribution in [-0.2, 0) is 9.47 Å². The minimum atomic E-state index is -0.169. The SMILES string of the molecule is CO[C@@H]1C[C@@H](C)[C@H](n2cnc(C(C)=O)c2C)O1. The van der Waals surface area contributed by atoms with E-state index in [1.54, 1.807) is 13.4 Å². The number of aromatic nitrogens is 2. The fourth-order valence-electron chi connectivity index (χ4n) is 2.28. The molecule has 94 valence electrons. The Morgan fingerprint density at radius 1 is 1.65 bits per heavy atom. The molecule has 1 aromatic heterocycles. The van der Waals surface area contributed by atoms with Crippen molar-refractivity contribution in [3.63, 3.8) is 0 Å². The van der Waals surface area contributed by atoms with E-state index >= 15 is 0 Å². The molecule has 1 fully saturated rings. The molecule has 1 aliphatic heterocycles. The van der Waals surface area contributed by atoms with Crippen LogP contribution in [0, 0.1) is 12.8 Å². The predicted molar refractivity (Wildman–Crippen MR) is 61.7 cm³/mol. The van der Waals surface area contributed by atoms with Crippen LogP contribution in [0.25, 0.3) is 0 Å². The highest BCUT2D eigenvalue weighted by Gasteiger charge is 2.34. The number of ketones is 1.